The van der Waals surface area contributed by atoms with Crippen LogP contribution in [-0.2, 0) is 0 Å². The third-order valence-electron chi connectivity index (χ3n) is 2.42. The van der Waals surface area contributed by atoms with E-state index in [4.69, 9.17) is 4.74 Å². The number of rotatable bonds is 4. The van der Waals surface area contributed by atoms with E-state index in [9.17, 15) is 0 Å². The van der Waals surface area contributed by atoms with E-state index in [1.165, 1.54) is 11.1 Å². The molecular formula is C13H19IO. The molecule has 1 atom stereocenters. The molecule has 0 radical (unpaired) electrons. The summed E-state index contributed by atoms with van der Waals surface area (Å²) in [6.07, 6.45) is 0. The van der Waals surface area contributed by atoms with Gasteiger partial charge < -0.3 is 4.74 Å². The molecule has 1 nitrogen and oxygen atoms in total. The van der Waals surface area contributed by atoms with Gasteiger partial charge in [-0.3, -0.25) is 0 Å². The van der Waals surface area contributed by atoms with Gasteiger partial charge in [0.05, 0.1) is 6.61 Å². The topological polar surface area (TPSA) is 9.23 Å². The highest BCUT2D eigenvalue weighted by atomic mass is 127. The van der Waals surface area contributed by atoms with E-state index in [0.29, 0.717) is 9.84 Å². The molecule has 0 saturated carbocycles. The van der Waals surface area contributed by atoms with E-state index in [1.54, 1.807) is 0 Å². The number of ether oxygens (including phenoxy) is 1. The minimum Gasteiger partial charge on any atom is -0.494 e. The zero-order valence-corrected chi connectivity index (χ0v) is 12.0. The number of benzene rings is 1. The van der Waals surface area contributed by atoms with Crippen LogP contribution < -0.4 is 4.74 Å². The second-order valence-corrected chi connectivity index (χ2v) is 5.86. The zero-order chi connectivity index (χ0) is 11.4. The molecule has 2 heteroatoms. The molecule has 0 bridgehead atoms. The summed E-state index contributed by atoms with van der Waals surface area (Å²) >= 11 is 2.46. The molecule has 1 rings (SSSR count). The minimum atomic E-state index is 0.552. The van der Waals surface area contributed by atoms with Crippen LogP contribution in [0.3, 0.4) is 0 Å². The smallest absolute Gasteiger partial charge is 0.119 e. The molecular weight excluding hydrogens is 299 g/mol. The van der Waals surface area contributed by atoms with Crippen molar-refractivity contribution in [2.45, 2.75) is 37.5 Å². The van der Waals surface area contributed by atoms with Crippen molar-refractivity contribution in [3.8, 4) is 5.75 Å². The maximum absolute atomic E-state index is 5.53. The van der Waals surface area contributed by atoms with Crippen LogP contribution in [0, 0.1) is 0 Å². The van der Waals surface area contributed by atoms with Crippen molar-refractivity contribution in [2.24, 2.45) is 0 Å². The van der Waals surface area contributed by atoms with Crippen molar-refractivity contribution in [1.29, 1.82) is 0 Å². The molecule has 1 aromatic rings. The lowest BCUT2D eigenvalue weighted by molar-refractivity contribution is 0.339. The van der Waals surface area contributed by atoms with Crippen LogP contribution in [0.2, 0.25) is 0 Å². The van der Waals surface area contributed by atoms with Gasteiger partial charge in [-0.05, 0) is 43.0 Å². The summed E-state index contributed by atoms with van der Waals surface area (Å²) < 4.78 is 6.08. The first-order chi connectivity index (χ1) is 7.06. The fraction of sp³-hybridized carbons (Fsp3) is 0.538. The van der Waals surface area contributed by atoms with Gasteiger partial charge in [0.1, 0.15) is 5.75 Å². The first kappa shape index (κ1) is 12.8. The van der Waals surface area contributed by atoms with Crippen LogP contribution >= 0.6 is 22.6 Å². The van der Waals surface area contributed by atoms with Crippen molar-refractivity contribution in [1.82, 2.24) is 0 Å². The van der Waals surface area contributed by atoms with Crippen molar-refractivity contribution in [3.05, 3.63) is 29.3 Å². The maximum Gasteiger partial charge on any atom is 0.119 e. The molecule has 0 aliphatic heterocycles. The predicted molar refractivity (Wildman–Crippen MR) is 74.1 cm³/mol. The Morgan fingerprint density at radius 2 is 1.87 bits per heavy atom. The standard InChI is InChI=1S/C13H19IO/c1-5-15-11-6-7-12(10(4)14)13(8-11)9(2)3/h6-10H,5H2,1-4H3/t10-/m1/s1. The highest BCUT2D eigenvalue weighted by Crippen LogP contribution is 2.32. The largest absolute Gasteiger partial charge is 0.494 e. The first-order valence-corrected chi connectivity index (χ1v) is 6.71. The van der Waals surface area contributed by atoms with Gasteiger partial charge in [-0.15, -0.1) is 0 Å². The van der Waals surface area contributed by atoms with Crippen LogP contribution in [0.1, 0.15) is 48.7 Å². The number of alkyl halides is 1. The van der Waals surface area contributed by atoms with Crippen LogP contribution in [0.15, 0.2) is 18.2 Å². The molecule has 84 valence electrons. The molecule has 0 N–H and O–H groups in total. The van der Waals surface area contributed by atoms with E-state index in [2.05, 4.69) is 61.6 Å². The van der Waals surface area contributed by atoms with E-state index < -0.39 is 0 Å². The first-order valence-electron chi connectivity index (χ1n) is 5.47. The van der Waals surface area contributed by atoms with Crippen molar-refractivity contribution in [2.75, 3.05) is 6.61 Å². The summed E-state index contributed by atoms with van der Waals surface area (Å²) in [6.45, 7) is 9.43. The van der Waals surface area contributed by atoms with E-state index in [1.807, 2.05) is 6.92 Å². The van der Waals surface area contributed by atoms with Crippen molar-refractivity contribution >= 4 is 22.6 Å². The summed E-state index contributed by atoms with van der Waals surface area (Å²) in [5, 5.41) is 0. The Balaban J connectivity index is 3.09. The highest BCUT2D eigenvalue weighted by Gasteiger charge is 2.11. The Bertz CT molecular complexity index is 318. The third kappa shape index (κ3) is 3.37. The van der Waals surface area contributed by atoms with Crippen LogP contribution in [0.4, 0.5) is 0 Å². The molecule has 0 saturated heterocycles. The molecule has 0 amide bonds. The van der Waals surface area contributed by atoms with Gasteiger partial charge in [0.15, 0.2) is 0 Å². The fourth-order valence-corrected chi connectivity index (χ4v) is 2.24. The van der Waals surface area contributed by atoms with Gasteiger partial charge >= 0.3 is 0 Å². The number of hydrogen-bond acceptors (Lipinski definition) is 1. The molecule has 0 spiro atoms. The fourth-order valence-electron chi connectivity index (χ4n) is 1.67. The van der Waals surface area contributed by atoms with Crippen LogP contribution in [0.25, 0.3) is 0 Å². The van der Waals surface area contributed by atoms with E-state index in [-0.39, 0.29) is 0 Å². The molecule has 0 aromatic heterocycles. The monoisotopic (exact) mass is 318 g/mol. The van der Waals surface area contributed by atoms with Crippen LogP contribution in [0.5, 0.6) is 5.75 Å². The molecule has 0 fully saturated rings. The van der Waals surface area contributed by atoms with E-state index in [0.717, 1.165) is 12.4 Å². The third-order valence-corrected chi connectivity index (χ3v) is 3.09. The second-order valence-electron chi connectivity index (χ2n) is 3.99. The maximum atomic E-state index is 5.53. The number of halogens is 1. The van der Waals surface area contributed by atoms with E-state index >= 15 is 0 Å². The van der Waals surface area contributed by atoms with Gasteiger partial charge in [-0.1, -0.05) is 42.5 Å². The van der Waals surface area contributed by atoms with Gasteiger partial charge in [0.25, 0.3) is 0 Å². The second kappa shape index (κ2) is 5.73. The normalized spacial score (nSPS) is 12.9. The summed E-state index contributed by atoms with van der Waals surface area (Å²) in [6, 6.07) is 6.44. The van der Waals surface area contributed by atoms with Crippen molar-refractivity contribution < 1.29 is 4.74 Å². The summed E-state index contributed by atoms with van der Waals surface area (Å²) in [5.74, 6) is 1.54. The molecule has 0 unspecified atom stereocenters. The molecule has 0 aliphatic rings. The molecule has 1 aromatic carbocycles. The zero-order valence-electron chi connectivity index (χ0n) is 9.88. The molecule has 0 aliphatic carbocycles. The van der Waals surface area contributed by atoms with Gasteiger partial charge in [-0.25, -0.2) is 0 Å². The Morgan fingerprint density at radius 1 is 1.20 bits per heavy atom. The SMILES string of the molecule is CCOc1ccc([C@@H](C)I)c(C(C)C)c1. The van der Waals surface area contributed by atoms with Crippen molar-refractivity contribution in [3.63, 3.8) is 0 Å². The summed E-state index contributed by atoms with van der Waals surface area (Å²) in [5.41, 5.74) is 2.83. The lowest BCUT2D eigenvalue weighted by Gasteiger charge is -2.16. The number of hydrogen-bond donors (Lipinski definition) is 0. The van der Waals surface area contributed by atoms with Gasteiger partial charge in [0, 0.05) is 3.92 Å². The van der Waals surface area contributed by atoms with Gasteiger partial charge in [-0.2, -0.15) is 0 Å². The molecule has 0 heterocycles. The Kier molecular flexibility index (Phi) is 4.90. The average molecular weight is 318 g/mol. The Hall–Kier alpha value is -0.250. The predicted octanol–water partition coefficient (Wildman–Crippen LogP) is 4.70. The lowest BCUT2D eigenvalue weighted by atomic mass is 9.95. The van der Waals surface area contributed by atoms with Gasteiger partial charge in [0.2, 0.25) is 0 Å². The Labute approximate surface area is 106 Å². The minimum absolute atomic E-state index is 0.552. The lowest BCUT2D eigenvalue weighted by Crippen LogP contribution is -1.99. The quantitative estimate of drug-likeness (QED) is 0.577. The average Bonchev–Trinajstić information content (AvgIpc) is 2.17. The van der Waals surface area contributed by atoms with Crippen LogP contribution in [-0.4, -0.2) is 6.61 Å². The summed E-state index contributed by atoms with van der Waals surface area (Å²) in [4.78, 5) is 0. The Morgan fingerprint density at radius 3 is 2.33 bits per heavy atom. The summed E-state index contributed by atoms with van der Waals surface area (Å²) in [7, 11) is 0. The molecule has 15 heavy (non-hydrogen) atoms. The highest BCUT2D eigenvalue weighted by molar-refractivity contribution is 14.1.